The summed E-state index contributed by atoms with van der Waals surface area (Å²) in [5.74, 6) is 0.292. The predicted octanol–water partition coefficient (Wildman–Crippen LogP) is 2.66. The topological polar surface area (TPSA) is 97.2 Å². The fraction of sp³-hybridized carbons (Fsp3) is 0.400. The third-order valence-electron chi connectivity index (χ3n) is 3.18. The van der Waals surface area contributed by atoms with Crippen molar-refractivity contribution in [3.05, 3.63) is 22.2 Å². The minimum atomic E-state index is -0.812. The molecule has 0 fully saturated rings. The van der Waals surface area contributed by atoms with Gasteiger partial charge in [-0.25, -0.2) is 5.43 Å². The zero-order valence-corrected chi connectivity index (χ0v) is 14.0. The number of benzene rings is 1. The molecule has 0 atom stereocenters. The first kappa shape index (κ1) is 17.3. The van der Waals surface area contributed by atoms with Crippen LogP contribution in [-0.4, -0.2) is 30.0 Å². The number of carbonyl (C=O) groups excluding carboxylic acids is 1. The molecule has 0 radical (unpaired) electrons. The summed E-state index contributed by atoms with van der Waals surface area (Å²) in [6.45, 7) is 0.195. The Hall–Kier alpha value is -2.09. The highest BCUT2D eigenvalue weighted by Gasteiger charge is 2.15. The number of aliphatic carboxylic acids is 1. The van der Waals surface area contributed by atoms with Crippen LogP contribution in [0.2, 0.25) is 0 Å². The highest BCUT2D eigenvalue weighted by molar-refractivity contribution is 9.10. The number of hydrogen-bond donors (Lipinski definition) is 2. The Bertz CT molecular complexity index is 618. The number of unbranched alkanes of at least 4 members (excludes halogenated alkanes) is 2. The van der Waals surface area contributed by atoms with Crippen LogP contribution in [-0.2, 0) is 9.59 Å². The van der Waals surface area contributed by atoms with Crippen molar-refractivity contribution in [2.24, 2.45) is 5.10 Å². The summed E-state index contributed by atoms with van der Waals surface area (Å²) in [6, 6.07) is 3.56. The van der Waals surface area contributed by atoms with Crippen LogP contribution in [0.15, 0.2) is 21.7 Å². The Labute approximate surface area is 141 Å². The normalized spacial score (nSPS) is 12.6. The van der Waals surface area contributed by atoms with Gasteiger partial charge in [-0.1, -0.05) is 6.42 Å². The number of amides is 1. The van der Waals surface area contributed by atoms with E-state index in [1.54, 1.807) is 12.1 Å². The lowest BCUT2D eigenvalue weighted by Gasteiger charge is -2.02. The molecule has 0 saturated carbocycles. The third kappa shape index (κ3) is 5.55. The molecule has 0 spiro atoms. The summed E-state index contributed by atoms with van der Waals surface area (Å²) >= 11 is 3.40. The number of carbonyl (C=O) groups is 2. The number of carboxylic acids is 1. The van der Waals surface area contributed by atoms with Gasteiger partial charge in [-0.3, -0.25) is 9.59 Å². The number of hydrazone groups is 1. The summed E-state index contributed by atoms with van der Waals surface area (Å²) in [5, 5.41) is 12.4. The molecule has 1 aromatic rings. The number of carboxylic acid groups (broad SMARTS) is 1. The van der Waals surface area contributed by atoms with E-state index in [4.69, 9.17) is 14.6 Å². The van der Waals surface area contributed by atoms with Gasteiger partial charge in [0.1, 0.15) is 0 Å². The van der Waals surface area contributed by atoms with E-state index in [9.17, 15) is 9.59 Å². The number of nitrogens with one attached hydrogen (secondary N) is 1. The van der Waals surface area contributed by atoms with E-state index in [0.29, 0.717) is 37.2 Å². The highest BCUT2D eigenvalue weighted by Crippen LogP contribution is 2.36. The molecule has 0 aromatic heterocycles. The van der Waals surface area contributed by atoms with Crippen molar-refractivity contribution in [1.82, 2.24) is 5.43 Å². The minimum Gasteiger partial charge on any atom is -0.481 e. The van der Waals surface area contributed by atoms with Crippen molar-refractivity contribution in [2.75, 3.05) is 6.79 Å². The van der Waals surface area contributed by atoms with Gasteiger partial charge in [0, 0.05) is 22.9 Å². The molecule has 2 N–H and O–H groups in total. The standard InChI is InChI=1S/C15H17BrN2O5/c16-11-7-13-12(22-9-23-13)6-10(11)8-17-18-14(19)4-2-1-3-5-15(20)21/h6-8H,1-5,9H2,(H,18,19)(H,20,21)/b17-8+. The van der Waals surface area contributed by atoms with E-state index in [0.717, 1.165) is 10.0 Å². The minimum absolute atomic E-state index is 0.137. The maximum Gasteiger partial charge on any atom is 0.303 e. The molecule has 23 heavy (non-hydrogen) atoms. The first-order valence-corrected chi connectivity index (χ1v) is 7.98. The molecule has 1 aliphatic rings. The zero-order valence-electron chi connectivity index (χ0n) is 12.4. The van der Waals surface area contributed by atoms with Crippen molar-refractivity contribution in [3.63, 3.8) is 0 Å². The molecule has 1 heterocycles. The van der Waals surface area contributed by atoms with Crippen LogP contribution in [0.3, 0.4) is 0 Å². The summed E-state index contributed by atoms with van der Waals surface area (Å²) in [4.78, 5) is 22.0. The van der Waals surface area contributed by atoms with Gasteiger partial charge >= 0.3 is 5.97 Å². The van der Waals surface area contributed by atoms with E-state index in [1.807, 2.05) is 0 Å². The predicted molar refractivity (Wildman–Crippen MR) is 86.7 cm³/mol. The van der Waals surface area contributed by atoms with E-state index in [1.165, 1.54) is 6.21 Å². The summed E-state index contributed by atoms with van der Waals surface area (Å²) in [7, 11) is 0. The number of nitrogens with zero attached hydrogens (tertiary/aromatic N) is 1. The lowest BCUT2D eigenvalue weighted by molar-refractivity contribution is -0.137. The van der Waals surface area contributed by atoms with E-state index in [2.05, 4.69) is 26.5 Å². The van der Waals surface area contributed by atoms with E-state index < -0.39 is 5.97 Å². The van der Waals surface area contributed by atoms with Gasteiger partial charge < -0.3 is 14.6 Å². The van der Waals surface area contributed by atoms with Gasteiger partial charge in [0.25, 0.3) is 0 Å². The summed E-state index contributed by atoms with van der Waals surface area (Å²) in [6.07, 6.45) is 3.90. The Morgan fingerprint density at radius 1 is 1.22 bits per heavy atom. The van der Waals surface area contributed by atoms with Crippen LogP contribution in [0.5, 0.6) is 11.5 Å². The molecular formula is C15H17BrN2O5. The number of hydrogen-bond acceptors (Lipinski definition) is 5. The second-order valence-electron chi connectivity index (χ2n) is 4.97. The number of halogens is 1. The molecule has 8 heteroatoms. The second-order valence-corrected chi connectivity index (χ2v) is 5.83. The average Bonchev–Trinajstić information content (AvgIpc) is 2.93. The first-order valence-electron chi connectivity index (χ1n) is 7.19. The molecular weight excluding hydrogens is 368 g/mol. The van der Waals surface area contributed by atoms with Crippen LogP contribution in [0.1, 0.15) is 37.7 Å². The van der Waals surface area contributed by atoms with E-state index in [-0.39, 0.29) is 19.1 Å². The molecule has 7 nitrogen and oxygen atoms in total. The maximum absolute atomic E-state index is 11.6. The van der Waals surface area contributed by atoms with Crippen molar-refractivity contribution in [1.29, 1.82) is 0 Å². The lowest BCUT2D eigenvalue weighted by atomic mass is 10.1. The monoisotopic (exact) mass is 384 g/mol. The van der Waals surface area contributed by atoms with Crippen molar-refractivity contribution >= 4 is 34.0 Å². The SMILES string of the molecule is O=C(O)CCCCCC(=O)N/N=C/c1cc2c(cc1Br)OCO2. The molecule has 1 aliphatic heterocycles. The third-order valence-corrected chi connectivity index (χ3v) is 3.87. The molecule has 0 aliphatic carbocycles. The average molecular weight is 385 g/mol. The van der Waals surface area contributed by atoms with Crippen molar-refractivity contribution < 1.29 is 24.2 Å². The Balaban J connectivity index is 1.74. The van der Waals surface area contributed by atoms with Gasteiger partial charge in [0.05, 0.1) is 6.21 Å². The summed E-state index contributed by atoms with van der Waals surface area (Å²) in [5.41, 5.74) is 3.21. The smallest absolute Gasteiger partial charge is 0.303 e. The van der Waals surface area contributed by atoms with Crippen LogP contribution in [0.25, 0.3) is 0 Å². The van der Waals surface area contributed by atoms with Crippen molar-refractivity contribution in [2.45, 2.75) is 32.1 Å². The molecule has 2 rings (SSSR count). The van der Waals surface area contributed by atoms with Crippen molar-refractivity contribution in [3.8, 4) is 11.5 Å². The maximum atomic E-state index is 11.6. The highest BCUT2D eigenvalue weighted by atomic mass is 79.9. The molecule has 124 valence electrons. The number of rotatable bonds is 8. The van der Waals surface area contributed by atoms with Crippen LogP contribution >= 0.6 is 15.9 Å². The zero-order chi connectivity index (χ0) is 16.7. The Morgan fingerprint density at radius 3 is 2.65 bits per heavy atom. The molecule has 1 aromatic carbocycles. The Morgan fingerprint density at radius 2 is 1.91 bits per heavy atom. The van der Waals surface area contributed by atoms with Gasteiger partial charge in [0.2, 0.25) is 12.7 Å². The quantitative estimate of drug-likeness (QED) is 0.407. The van der Waals surface area contributed by atoms with Crippen LogP contribution < -0.4 is 14.9 Å². The fourth-order valence-corrected chi connectivity index (χ4v) is 2.42. The van der Waals surface area contributed by atoms with Crippen LogP contribution in [0.4, 0.5) is 0 Å². The first-order chi connectivity index (χ1) is 11.1. The lowest BCUT2D eigenvalue weighted by Crippen LogP contribution is -2.17. The fourth-order valence-electron chi connectivity index (χ4n) is 2.00. The van der Waals surface area contributed by atoms with Gasteiger partial charge in [-0.2, -0.15) is 5.10 Å². The number of fused-ring (bicyclic) bond motifs is 1. The largest absolute Gasteiger partial charge is 0.481 e. The van der Waals surface area contributed by atoms with Gasteiger partial charge in [-0.15, -0.1) is 0 Å². The number of ether oxygens (including phenoxy) is 2. The molecule has 0 saturated heterocycles. The molecule has 1 amide bonds. The van der Waals surface area contributed by atoms with Gasteiger partial charge in [-0.05, 0) is 40.9 Å². The molecule has 0 bridgehead atoms. The second kappa shape index (κ2) is 8.52. The van der Waals surface area contributed by atoms with Gasteiger partial charge in [0.15, 0.2) is 11.5 Å². The van der Waals surface area contributed by atoms with Crippen LogP contribution in [0, 0.1) is 0 Å². The summed E-state index contributed by atoms with van der Waals surface area (Å²) < 4.78 is 11.3. The molecule has 0 unspecified atom stereocenters. The Kier molecular flexibility index (Phi) is 6.40. The van der Waals surface area contributed by atoms with E-state index >= 15 is 0 Å².